The summed E-state index contributed by atoms with van der Waals surface area (Å²) in [6.45, 7) is 10.9. The Morgan fingerprint density at radius 2 is 1.91 bits per heavy atom. The summed E-state index contributed by atoms with van der Waals surface area (Å²) in [6.07, 6.45) is 1.72. The zero-order valence-electron chi connectivity index (χ0n) is 7.30. The van der Waals surface area contributed by atoms with Gasteiger partial charge in [-0.25, -0.2) is 0 Å². The van der Waals surface area contributed by atoms with Crippen LogP contribution in [0.15, 0.2) is 0 Å². The van der Waals surface area contributed by atoms with Gasteiger partial charge in [0, 0.05) is 5.92 Å². The molecule has 2 radical (unpaired) electrons. The van der Waals surface area contributed by atoms with Crippen LogP contribution in [0.5, 0.6) is 0 Å². The number of rotatable bonds is 2. The van der Waals surface area contributed by atoms with Gasteiger partial charge in [-0.2, -0.15) is 0 Å². The van der Waals surface area contributed by atoms with Gasteiger partial charge in [-0.3, -0.25) is 0 Å². The lowest BCUT2D eigenvalue weighted by atomic mass is 10.1. The fourth-order valence-electron chi connectivity index (χ4n) is 1.13. The van der Waals surface area contributed by atoms with Crippen LogP contribution in [0.25, 0.3) is 0 Å². The summed E-state index contributed by atoms with van der Waals surface area (Å²) in [5.41, 5.74) is 0. The van der Waals surface area contributed by atoms with Crippen molar-refractivity contribution in [2.45, 2.75) is 32.5 Å². The van der Waals surface area contributed by atoms with E-state index in [1.807, 2.05) is 13.8 Å². The number of hydrogen-bond acceptors (Lipinski definition) is 2. The monoisotopic (exact) mass is 156 g/mol. The standard InChI is InChI=1S/C9H16O2/c1-4-5-8-6-10-9(2,3)11-7-8/h1,8H,4-7H2,2-3H3. The summed E-state index contributed by atoms with van der Waals surface area (Å²) in [5, 5.41) is 0. The average molecular weight is 156 g/mol. The summed E-state index contributed by atoms with van der Waals surface area (Å²) >= 11 is 0. The maximum Gasteiger partial charge on any atom is 0.162 e. The zero-order valence-corrected chi connectivity index (χ0v) is 7.30. The molecular formula is C9H16O2. The molecule has 0 aromatic heterocycles. The van der Waals surface area contributed by atoms with Gasteiger partial charge in [0.2, 0.25) is 0 Å². The molecule has 1 rings (SSSR count). The van der Waals surface area contributed by atoms with E-state index in [1.54, 1.807) is 0 Å². The van der Waals surface area contributed by atoms with Gasteiger partial charge in [0.15, 0.2) is 5.79 Å². The molecule has 2 nitrogen and oxygen atoms in total. The molecule has 0 saturated carbocycles. The van der Waals surface area contributed by atoms with Crippen LogP contribution < -0.4 is 0 Å². The molecule has 0 aromatic carbocycles. The van der Waals surface area contributed by atoms with E-state index in [9.17, 15) is 0 Å². The Morgan fingerprint density at radius 3 is 2.36 bits per heavy atom. The Hall–Kier alpha value is -0.0800. The van der Waals surface area contributed by atoms with E-state index >= 15 is 0 Å². The van der Waals surface area contributed by atoms with Crippen LogP contribution in [0, 0.1) is 12.8 Å². The second kappa shape index (κ2) is 3.55. The smallest absolute Gasteiger partial charge is 0.162 e. The van der Waals surface area contributed by atoms with Gasteiger partial charge in [0.1, 0.15) is 0 Å². The van der Waals surface area contributed by atoms with Crippen molar-refractivity contribution in [2.75, 3.05) is 13.2 Å². The third-order valence-electron chi connectivity index (χ3n) is 1.91. The molecule has 0 aromatic rings. The molecule has 0 atom stereocenters. The van der Waals surface area contributed by atoms with E-state index in [2.05, 4.69) is 0 Å². The summed E-state index contributed by atoms with van der Waals surface area (Å²) in [5.74, 6) is 0.110. The van der Waals surface area contributed by atoms with Gasteiger partial charge in [-0.05, 0) is 33.6 Å². The first-order valence-electron chi connectivity index (χ1n) is 4.12. The number of hydrogen-bond donors (Lipinski definition) is 0. The van der Waals surface area contributed by atoms with Crippen molar-refractivity contribution in [3.8, 4) is 0 Å². The summed E-state index contributed by atoms with van der Waals surface area (Å²) in [6, 6.07) is 0. The molecule has 64 valence electrons. The Kier molecular flexibility index (Phi) is 2.90. The van der Waals surface area contributed by atoms with E-state index in [0.29, 0.717) is 5.92 Å². The molecular weight excluding hydrogens is 140 g/mol. The first-order valence-corrected chi connectivity index (χ1v) is 4.12. The van der Waals surface area contributed by atoms with Gasteiger partial charge < -0.3 is 9.47 Å². The minimum absolute atomic E-state index is 0.384. The highest BCUT2D eigenvalue weighted by Crippen LogP contribution is 2.22. The molecule has 1 fully saturated rings. The topological polar surface area (TPSA) is 18.5 Å². The molecule has 1 aliphatic rings. The second-order valence-corrected chi connectivity index (χ2v) is 3.47. The van der Waals surface area contributed by atoms with E-state index in [1.165, 1.54) is 0 Å². The molecule has 0 bridgehead atoms. The molecule has 1 aliphatic heterocycles. The fraction of sp³-hybridized carbons (Fsp3) is 0.889. The number of ether oxygens (including phenoxy) is 2. The van der Waals surface area contributed by atoms with Gasteiger partial charge in [0.25, 0.3) is 0 Å². The lowest BCUT2D eigenvalue weighted by Gasteiger charge is -2.34. The Morgan fingerprint density at radius 1 is 1.36 bits per heavy atom. The normalized spacial score (nSPS) is 25.4. The minimum Gasteiger partial charge on any atom is -0.350 e. The van der Waals surface area contributed by atoms with Gasteiger partial charge in [-0.15, -0.1) is 0 Å². The summed E-state index contributed by atoms with van der Waals surface area (Å²) in [7, 11) is 0. The van der Waals surface area contributed by atoms with Crippen LogP contribution in [-0.4, -0.2) is 19.0 Å². The minimum atomic E-state index is -0.384. The van der Waals surface area contributed by atoms with Crippen molar-refractivity contribution in [3.05, 3.63) is 6.92 Å². The van der Waals surface area contributed by atoms with Crippen molar-refractivity contribution < 1.29 is 9.47 Å². The van der Waals surface area contributed by atoms with E-state index in [4.69, 9.17) is 16.4 Å². The maximum absolute atomic E-state index is 5.45. The fourth-order valence-corrected chi connectivity index (χ4v) is 1.13. The van der Waals surface area contributed by atoms with Gasteiger partial charge >= 0.3 is 0 Å². The predicted molar refractivity (Wildman–Crippen MR) is 43.0 cm³/mol. The molecule has 0 spiro atoms. The van der Waals surface area contributed by atoms with Crippen LogP contribution in [0.2, 0.25) is 0 Å². The first-order chi connectivity index (χ1) is 5.14. The molecule has 0 aliphatic carbocycles. The van der Waals surface area contributed by atoms with E-state index in [-0.39, 0.29) is 5.79 Å². The highest BCUT2D eigenvalue weighted by molar-refractivity contribution is 4.67. The molecule has 2 heteroatoms. The highest BCUT2D eigenvalue weighted by Gasteiger charge is 2.27. The molecule has 1 saturated heterocycles. The average Bonchev–Trinajstić information content (AvgIpc) is 1.94. The quantitative estimate of drug-likeness (QED) is 0.607. The Balaban J connectivity index is 2.25. The van der Waals surface area contributed by atoms with E-state index < -0.39 is 0 Å². The SMILES string of the molecule is [CH]CCC1COC(C)(C)OC1. The maximum atomic E-state index is 5.45. The molecule has 1 heterocycles. The summed E-state index contributed by atoms with van der Waals surface area (Å²) in [4.78, 5) is 0. The lowest BCUT2D eigenvalue weighted by Crippen LogP contribution is -2.39. The van der Waals surface area contributed by atoms with Crippen LogP contribution >= 0.6 is 0 Å². The third kappa shape index (κ3) is 2.80. The lowest BCUT2D eigenvalue weighted by molar-refractivity contribution is -0.262. The largest absolute Gasteiger partial charge is 0.350 e. The Labute approximate surface area is 68.9 Å². The van der Waals surface area contributed by atoms with E-state index in [0.717, 1.165) is 26.1 Å². The van der Waals surface area contributed by atoms with Crippen LogP contribution in [-0.2, 0) is 9.47 Å². The molecule has 11 heavy (non-hydrogen) atoms. The van der Waals surface area contributed by atoms with Crippen LogP contribution in [0.3, 0.4) is 0 Å². The van der Waals surface area contributed by atoms with Crippen molar-refractivity contribution in [3.63, 3.8) is 0 Å². The molecule has 0 unspecified atom stereocenters. The Bertz CT molecular complexity index is 111. The van der Waals surface area contributed by atoms with Gasteiger partial charge in [-0.1, -0.05) is 0 Å². The zero-order chi connectivity index (χ0) is 8.32. The molecule has 0 N–H and O–H groups in total. The van der Waals surface area contributed by atoms with Crippen LogP contribution in [0.1, 0.15) is 26.7 Å². The third-order valence-corrected chi connectivity index (χ3v) is 1.91. The van der Waals surface area contributed by atoms with Gasteiger partial charge in [0.05, 0.1) is 13.2 Å². The second-order valence-electron chi connectivity index (χ2n) is 3.47. The summed E-state index contributed by atoms with van der Waals surface area (Å²) < 4.78 is 10.9. The van der Waals surface area contributed by atoms with Crippen molar-refractivity contribution >= 4 is 0 Å². The highest BCUT2D eigenvalue weighted by atomic mass is 16.7. The van der Waals surface area contributed by atoms with Crippen molar-refractivity contribution in [1.82, 2.24) is 0 Å². The first kappa shape index (κ1) is 9.01. The van der Waals surface area contributed by atoms with Crippen molar-refractivity contribution in [2.24, 2.45) is 5.92 Å². The molecule has 0 amide bonds. The predicted octanol–water partition coefficient (Wildman–Crippen LogP) is 1.88. The van der Waals surface area contributed by atoms with Crippen molar-refractivity contribution in [1.29, 1.82) is 0 Å². The van der Waals surface area contributed by atoms with Crippen LogP contribution in [0.4, 0.5) is 0 Å².